The Morgan fingerprint density at radius 1 is 1.13 bits per heavy atom. The van der Waals surface area contributed by atoms with E-state index >= 15 is 0 Å². The van der Waals surface area contributed by atoms with Crippen molar-refractivity contribution >= 4 is 29.8 Å². The van der Waals surface area contributed by atoms with E-state index in [-0.39, 0.29) is 0 Å². The van der Waals surface area contributed by atoms with Gasteiger partial charge in [0.25, 0.3) is 0 Å². The molecule has 1 saturated heterocycles. The molecule has 1 aromatic rings. The molecule has 128 valence electrons. The molecule has 0 atom stereocenters. The van der Waals surface area contributed by atoms with Gasteiger partial charge in [-0.15, -0.1) is 0 Å². The molecule has 2 aliphatic rings. The third-order valence-electron chi connectivity index (χ3n) is 6.25. The van der Waals surface area contributed by atoms with E-state index in [0.717, 1.165) is 27.9 Å². The fourth-order valence-electron chi connectivity index (χ4n) is 4.65. The molecule has 1 aliphatic carbocycles. The average molecular weight is 396 g/mol. The first-order chi connectivity index (χ1) is 11.1. The molecular weight excluding hydrogens is 366 g/mol. The summed E-state index contributed by atoms with van der Waals surface area (Å²) in [4.78, 5) is 8.78. The summed E-state index contributed by atoms with van der Waals surface area (Å²) in [5, 5.41) is 3.68. The number of hydrogen-bond donors (Lipinski definition) is 1. The van der Waals surface area contributed by atoms with Crippen LogP contribution >= 0.6 is 15.9 Å². The normalized spacial score (nSPS) is 27.6. The van der Waals surface area contributed by atoms with Crippen molar-refractivity contribution in [2.45, 2.75) is 88.5 Å². The lowest BCUT2D eigenvalue weighted by Gasteiger charge is -2.42. The summed E-state index contributed by atoms with van der Waals surface area (Å²) in [6, 6.07) is 3.77. The third-order valence-corrected chi connectivity index (χ3v) is 12.6. The van der Waals surface area contributed by atoms with Crippen LogP contribution in [0.1, 0.15) is 57.6 Å². The van der Waals surface area contributed by atoms with Crippen molar-refractivity contribution < 1.29 is 0 Å². The molecule has 3 rings (SSSR count). The van der Waals surface area contributed by atoms with Crippen LogP contribution in [-0.4, -0.2) is 24.1 Å². The van der Waals surface area contributed by atoms with Gasteiger partial charge in [-0.1, -0.05) is 57.7 Å². The number of aromatic nitrogens is 2. The molecule has 1 N–H and O–H groups in total. The van der Waals surface area contributed by atoms with Crippen molar-refractivity contribution in [2.75, 3.05) is 5.32 Å². The van der Waals surface area contributed by atoms with Crippen LogP contribution in [0.15, 0.2) is 10.8 Å². The summed E-state index contributed by atoms with van der Waals surface area (Å²) in [6.45, 7) is 4.83. The summed E-state index contributed by atoms with van der Waals surface area (Å²) in [7, 11) is -0.946. The summed E-state index contributed by atoms with van der Waals surface area (Å²) < 4.78 is 1.05. The number of aryl methyl sites for hydroxylation is 1. The Morgan fingerprint density at radius 2 is 1.83 bits per heavy atom. The Hall–Kier alpha value is -0.423. The Balaban J connectivity index is 1.57. The Kier molecular flexibility index (Phi) is 5.78. The first-order valence-corrected chi connectivity index (χ1v) is 13.2. The van der Waals surface area contributed by atoms with E-state index in [2.05, 4.69) is 44.7 Å². The van der Waals surface area contributed by atoms with Crippen LogP contribution in [0.3, 0.4) is 0 Å². The molecule has 1 aliphatic heterocycles. The minimum Gasteiger partial charge on any atom is -0.366 e. The molecule has 5 heteroatoms. The highest BCUT2D eigenvalue weighted by atomic mass is 79.9. The molecule has 2 heterocycles. The number of nitrogens with one attached hydrogen (secondary N) is 1. The number of nitrogens with zero attached hydrogens (tertiary/aromatic N) is 2. The minimum atomic E-state index is -0.946. The predicted octanol–water partition coefficient (Wildman–Crippen LogP) is 5.79. The Morgan fingerprint density at radius 3 is 2.48 bits per heavy atom. The lowest BCUT2D eigenvalue weighted by molar-refractivity contribution is 0.446. The van der Waals surface area contributed by atoms with Gasteiger partial charge in [-0.25, -0.2) is 9.97 Å². The average Bonchev–Trinajstić information content (AvgIpc) is 2.58. The molecular formula is C18H30BrN3Si. The lowest BCUT2D eigenvalue weighted by atomic mass is 9.95. The molecule has 0 aromatic carbocycles. The van der Waals surface area contributed by atoms with E-state index in [1.807, 2.05) is 0 Å². The quantitative estimate of drug-likeness (QED) is 0.655. The second-order valence-electron chi connectivity index (χ2n) is 7.74. The zero-order valence-electron chi connectivity index (χ0n) is 14.6. The number of rotatable bonds is 4. The van der Waals surface area contributed by atoms with Gasteiger partial charge in [-0.2, -0.15) is 0 Å². The Bertz CT molecular complexity index is 523. The van der Waals surface area contributed by atoms with Crippen molar-refractivity contribution in [3.8, 4) is 0 Å². The van der Waals surface area contributed by atoms with Gasteiger partial charge in [0.2, 0.25) is 0 Å². The van der Waals surface area contributed by atoms with E-state index in [1.165, 1.54) is 44.9 Å². The second kappa shape index (κ2) is 7.64. The maximum Gasteiger partial charge on any atom is 0.144 e. The van der Waals surface area contributed by atoms with Gasteiger partial charge >= 0.3 is 0 Å². The zero-order valence-corrected chi connectivity index (χ0v) is 17.2. The number of halogens is 1. The number of hydrogen-bond acceptors (Lipinski definition) is 3. The summed E-state index contributed by atoms with van der Waals surface area (Å²) >= 11 is 3.67. The topological polar surface area (TPSA) is 37.8 Å². The second-order valence-corrected chi connectivity index (χ2v) is 13.7. The highest BCUT2D eigenvalue weighted by Crippen LogP contribution is 2.45. The monoisotopic (exact) mass is 395 g/mol. The number of anilines is 1. The van der Waals surface area contributed by atoms with Crippen LogP contribution in [0.2, 0.25) is 24.2 Å². The molecule has 2 fully saturated rings. The Labute approximate surface area is 150 Å². The first-order valence-electron chi connectivity index (χ1n) is 9.38. The van der Waals surface area contributed by atoms with Crippen LogP contribution in [-0.2, 0) is 6.42 Å². The van der Waals surface area contributed by atoms with E-state index in [9.17, 15) is 0 Å². The van der Waals surface area contributed by atoms with Gasteiger partial charge in [-0.3, -0.25) is 0 Å². The molecule has 0 amide bonds. The summed E-state index contributed by atoms with van der Waals surface area (Å²) in [5.74, 6) is 0.987. The molecule has 1 saturated carbocycles. The van der Waals surface area contributed by atoms with Gasteiger partial charge in [-0.05, 0) is 40.7 Å². The van der Waals surface area contributed by atoms with Gasteiger partial charge in [0.05, 0.1) is 18.2 Å². The SMILES string of the molecule is CCc1ncnc(N[C@H]2CC[C@@H]([Si]3(C)CCCCC3)CC2)c1Br. The molecule has 3 nitrogen and oxygen atoms in total. The molecule has 0 radical (unpaired) electrons. The molecule has 0 unspecified atom stereocenters. The van der Waals surface area contributed by atoms with E-state index in [1.54, 1.807) is 18.4 Å². The van der Waals surface area contributed by atoms with Gasteiger partial charge in [0.15, 0.2) is 0 Å². The smallest absolute Gasteiger partial charge is 0.144 e. The minimum absolute atomic E-state index is 0.586. The standard InChI is InChI=1S/C18H30BrN3Si/c1-3-16-17(19)18(21-13-20-16)22-14-7-9-15(10-8-14)23(2)11-5-4-6-12-23/h13-15H,3-12H2,1-2H3,(H,20,21,22)/t14-,15+. The van der Waals surface area contributed by atoms with Crippen LogP contribution in [0, 0.1) is 0 Å². The maximum absolute atomic E-state index is 4.44. The van der Waals surface area contributed by atoms with E-state index < -0.39 is 8.07 Å². The van der Waals surface area contributed by atoms with Crippen molar-refractivity contribution in [1.29, 1.82) is 0 Å². The molecule has 0 bridgehead atoms. The molecule has 23 heavy (non-hydrogen) atoms. The van der Waals surface area contributed by atoms with Crippen LogP contribution in [0.4, 0.5) is 5.82 Å². The summed E-state index contributed by atoms with van der Waals surface area (Å²) in [5.41, 5.74) is 2.17. The summed E-state index contributed by atoms with van der Waals surface area (Å²) in [6.07, 6.45) is 12.6. The highest BCUT2D eigenvalue weighted by molar-refractivity contribution is 9.10. The van der Waals surface area contributed by atoms with Crippen LogP contribution in [0.5, 0.6) is 0 Å². The first kappa shape index (κ1) is 17.4. The van der Waals surface area contributed by atoms with Crippen molar-refractivity contribution in [2.24, 2.45) is 0 Å². The van der Waals surface area contributed by atoms with Crippen LogP contribution in [0.25, 0.3) is 0 Å². The van der Waals surface area contributed by atoms with E-state index in [4.69, 9.17) is 0 Å². The largest absolute Gasteiger partial charge is 0.366 e. The fraction of sp³-hybridized carbons (Fsp3) is 0.778. The third kappa shape index (κ3) is 3.98. The van der Waals surface area contributed by atoms with Crippen molar-refractivity contribution in [3.05, 3.63) is 16.5 Å². The molecule has 0 spiro atoms. The van der Waals surface area contributed by atoms with Gasteiger partial charge in [0.1, 0.15) is 12.1 Å². The fourth-order valence-corrected chi connectivity index (χ4v) is 10.2. The van der Waals surface area contributed by atoms with E-state index in [0.29, 0.717) is 6.04 Å². The van der Waals surface area contributed by atoms with Crippen molar-refractivity contribution in [1.82, 2.24) is 9.97 Å². The van der Waals surface area contributed by atoms with Gasteiger partial charge in [0, 0.05) is 6.04 Å². The van der Waals surface area contributed by atoms with Crippen molar-refractivity contribution in [3.63, 3.8) is 0 Å². The maximum atomic E-state index is 4.44. The zero-order chi connectivity index (χ0) is 16.3. The molecule has 1 aromatic heterocycles. The lowest BCUT2D eigenvalue weighted by Crippen LogP contribution is -2.41. The van der Waals surface area contributed by atoms with Gasteiger partial charge < -0.3 is 5.32 Å². The van der Waals surface area contributed by atoms with Crippen LogP contribution < -0.4 is 5.32 Å². The predicted molar refractivity (Wildman–Crippen MR) is 104 cm³/mol. The highest BCUT2D eigenvalue weighted by Gasteiger charge is 2.39.